The van der Waals surface area contributed by atoms with Crippen LogP contribution in [0.25, 0.3) is 21.8 Å². The first kappa shape index (κ1) is 21.2. The number of aromatic carboxylic acids is 1. The van der Waals surface area contributed by atoms with Gasteiger partial charge in [0.05, 0.1) is 28.5 Å². The highest BCUT2D eigenvalue weighted by Crippen LogP contribution is 2.38. The van der Waals surface area contributed by atoms with Crippen molar-refractivity contribution in [1.82, 2.24) is 4.98 Å². The predicted molar refractivity (Wildman–Crippen MR) is 128 cm³/mol. The lowest BCUT2D eigenvalue weighted by molar-refractivity contribution is -0.121. The molecule has 0 aliphatic carbocycles. The fourth-order valence-corrected chi connectivity index (χ4v) is 4.78. The molecule has 2 heterocycles. The van der Waals surface area contributed by atoms with Crippen molar-refractivity contribution in [2.45, 2.75) is 6.54 Å². The number of hydrogen-bond acceptors (Lipinski definition) is 5. The number of carboxylic acid groups (broad SMARTS) is 1. The maximum atomic E-state index is 12.7. The molecule has 3 aromatic carbocycles. The summed E-state index contributed by atoms with van der Waals surface area (Å²) in [7, 11) is 0. The van der Waals surface area contributed by atoms with E-state index in [4.69, 9.17) is 26.4 Å². The van der Waals surface area contributed by atoms with E-state index in [1.165, 1.54) is 23.5 Å². The van der Waals surface area contributed by atoms with E-state index in [1.54, 1.807) is 17.0 Å². The second-order valence-corrected chi connectivity index (χ2v) is 8.74. The van der Waals surface area contributed by atoms with E-state index in [9.17, 15) is 9.59 Å². The average Bonchev–Trinajstić information content (AvgIpc) is 3.31. The predicted octanol–water partition coefficient (Wildman–Crippen LogP) is 5.75. The molecular formula is C25H17ClN2O4S. The van der Waals surface area contributed by atoms with Crippen LogP contribution in [0, 0.1) is 0 Å². The number of halogens is 1. The first-order chi connectivity index (χ1) is 16.0. The molecule has 0 unspecified atom stereocenters. The Kier molecular flexibility index (Phi) is 5.58. The first-order valence-corrected chi connectivity index (χ1v) is 11.4. The number of carbonyl (C=O) groups is 2. The van der Waals surface area contributed by atoms with Crippen LogP contribution in [0.1, 0.15) is 15.9 Å². The second kappa shape index (κ2) is 8.69. The molecule has 0 radical (unpaired) electrons. The van der Waals surface area contributed by atoms with E-state index in [-0.39, 0.29) is 18.1 Å². The zero-order chi connectivity index (χ0) is 22.9. The molecule has 8 heteroatoms. The molecule has 1 aromatic heterocycles. The Morgan fingerprint density at radius 1 is 1.12 bits per heavy atom. The summed E-state index contributed by atoms with van der Waals surface area (Å²) in [6, 6.07) is 19.7. The number of nitrogens with zero attached hydrogens (tertiary/aromatic N) is 2. The molecule has 0 saturated heterocycles. The Hall–Kier alpha value is -3.68. The molecule has 0 spiro atoms. The van der Waals surface area contributed by atoms with Crippen molar-refractivity contribution in [1.29, 1.82) is 0 Å². The Labute approximate surface area is 198 Å². The summed E-state index contributed by atoms with van der Waals surface area (Å²) >= 11 is 7.82. The number of aromatic nitrogens is 1. The number of amides is 1. The molecule has 1 aliphatic heterocycles. The van der Waals surface area contributed by atoms with Crippen LogP contribution in [0.3, 0.4) is 0 Å². The quantitative estimate of drug-likeness (QED) is 0.396. The number of fused-ring (bicyclic) bond motifs is 1. The molecule has 6 nitrogen and oxygen atoms in total. The third-order valence-electron chi connectivity index (χ3n) is 5.35. The van der Waals surface area contributed by atoms with Crippen molar-refractivity contribution in [3.8, 4) is 27.6 Å². The van der Waals surface area contributed by atoms with Crippen LogP contribution in [0.2, 0.25) is 5.02 Å². The van der Waals surface area contributed by atoms with Gasteiger partial charge in [-0.3, -0.25) is 4.79 Å². The number of anilines is 1. The molecule has 0 fully saturated rings. The van der Waals surface area contributed by atoms with Gasteiger partial charge in [-0.05, 0) is 42.0 Å². The van der Waals surface area contributed by atoms with E-state index in [0.717, 1.165) is 27.4 Å². The number of carboxylic acids is 1. The fraction of sp³-hybridized carbons (Fsp3) is 0.0800. The van der Waals surface area contributed by atoms with Crippen LogP contribution in [0.15, 0.2) is 72.1 Å². The number of benzene rings is 3. The Balaban J connectivity index is 1.47. The van der Waals surface area contributed by atoms with Crippen LogP contribution >= 0.6 is 22.9 Å². The fourth-order valence-electron chi connectivity index (χ4n) is 3.63. The molecule has 164 valence electrons. The summed E-state index contributed by atoms with van der Waals surface area (Å²) in [5, 5.41) is 12.5. The first-order valence-electron chi connectivity index (χ1n) is 10.1. The Morgan fingerprint density at radius 2 is 1.91 bits per heavy atom. The van der Waals surface area contributed by atoms with Crippen molar-refractivity contribution >= 4 is 40.5 Å². The van der Waals surface area contributed by atoms with Gasteiger partial charge >= 0.3 is 5.97 Å². The third kappa shape index (κ3) is 4.20. The van der Waals surface area contributed by atoms with Crippen LogP contribution in [0.4, 0.5) is 5.69 Å². The van der Waals surface area contributed by atoms with E-state index in [2.05, 4.69) is 0 Å². The van der Waals surface area contributed by atoms with Crippen LogP contribution < -0.4 is 9.64 Å². The maximum Gasteiger partial charge on any atom is 0.335 e. The third-order valence-corrected chi connectivity index (χ3v) is 6.55. The van der Waals surface area contributed by atoms with Crippen molar-refractivity contribution in [3.63, 3.8) is 0 Å². The standard InChI is InChI=1S/C25H17ClN2O4S/c26-19-4-2-1-3-18(19)24-27-20(14-33-24)17-9-10-22-21(11-17)28(23(29)13-32-22)12-15-5-7-16(8-6-15)25(30)31/h1-11,14H,12-13H2,(H,30,31). The van der Waals surface area contributed by atoms with Crippen LogP contribution in [-0.2, 0) is 11.3 Å². The molecule has 0 bridgehead atoms. The Morgan fingerprint density at radius 3 is 2.67 bits per heavy atom. The van der Waals surface area contributed by atoms with Gasteiger partial charge in [0.1, 0.15) is 10.8 Å². The molecular weight excluding hydrogens is 460 g/mol. The van der Waals surface area contributed by atoms with Crippen molar-refractivity contribution < 1.29 is 19.4 Å². The second-order valence-electron chi connectivity index (χ2n) is 7.47. The van der Waals surface area contributed by atoms with Crippen molar-refractivity contribution in [3.05, 3.63) is 88.3 Å². The molecule has 0 atom stereocenters. The Bertz CT molecular complexity index is 1370. The number of hydrogen-bond donors (Lipinski definition) is 1. The number of carbonyl (C=O) groups excluding carboxylic acids is 1. The van der Waals surface area contributed by atoms with E-state index < -0.39 is 5.97 Å². The minimum absolute atomic E-state index is 0.0487. The minimum Gasteiger partial charge on any atom is -0.482 e. The van der Waals surface area contributed by atoms with Gasteiger partial charge in [0.25, 0.3) is 5.91 Å². The molecule has 4 aromatic rings. The highest BCUT2D eigenvalue weighted by atomic mass is 35.5. The average molecular weight is 477 g/mol. The maximum absolute atomic E-state index is 12.7. The lowest BCUT2D eigenvalue weighted by Crippen LogP contribution is -2.38. The molecule has 0 saturated carbocycles. The molecule has 33 heavy (non-hydrogen) atoms. The summed E-state index contributed by atoms with van der Waals surface area (Å²) in [6.07, 6.45) is 0. The molecule has 1 N–H and O–H groups in total. The summed E-state index contributed by atoms with van der Waals surface area (Å²) in [5.74, 6) is -0.544. The molecule has 1 amide bonds. The molecule has 1 aliphatic rings. The highest BCUT2D eigenvalue weighted by molar-refractivity contribution is 7.13. The monoisotopic (exact) mass is 476 g/mol. The summed E-state index contributed by atoms with van der Waals surface area (Å²) in [5.41, 5.74) is 4.18. The zero-order valence-corrected chi connectivity index (χ0v) is 18.8. The van der Waals surface area contributed by atoms with Gasteiger partial charge in [-0.15, -0.1) is 11.3 Å². The number of rotatable bonds is 5. The number of ether oxygens (including phenoxy) is 1. The van der Waals surface area contributed by atoms with Crippen molar-refractivity contribution in [2.24, 2.45) is 0 Å². The van der Waals surface area contributed by atoms with Gasteiger partial charge in [-0.2, -0.15) is 0 Å². The lowest BCUT2D eigenvalue weighted by atomic mass is 10.1. The highest BCUT2D eigenvalue weighted by Gasteiger charge is 2.26. The number of thiazole rings is 1. The van der Waals surface area contributed by atoms with E-state index >= 15 is 0 Å². The summed E-state index contributed by atoms with van der Waals surface area (Å²) < 4.78 is 5.63. The van der Waals surface area contributed by atoms with Crippen molar-refractivity contribution in [2.75, 3.05) is 11.5 Å². The summed E-state index contributed by atoms with van der Waals surface area (Å²) in [6.45, 7) is 0.257. The van der Waals surface area contributed by atoms with E-state index in [0.29, 0.717) is 23.0 Å². The van der Waals surface area contributed by atoms with Gasteiger partial charge < -0.3 is 14.7 Å². The topological polar surface area (TPSA) is 79.7 Å². The lowest BCUT2D eigenvalue weighted by Gasteiger charge is -2.30. The summed E-state index contributed by atoms with van der Waals surface area (Å²) in [4.78, 5) is 30.2. The van der Waals surface area contributed by atoms with Crippen LogP contribution in [0.5, 0.6) is 5.75 Å². The van der Waals surface area contributed by atoms with E-state index in [1.807, 2.05) is 47.8 Å². The van der Waals surface area contributed by atoms with Gasteiger partial charge in [-0.1, -0.05) is 41.9 Å². The van der Waals surface area contributed by atoms with Gasteiger partial charge in [0.2, 0.25) is 0 Å². The zero-order valence-electron chi connectivity index (χ0n) is 17.2. The van der Waals surface area contributed by atoms with Gasteiger partial charge in [0, 0.05) is 16.5 Å². The van der Waals surface area contributed by atoms with Gasteiger partial charge in [0.15, 0.2) is 6.61 Å². The van der Waals surface area contributed by atoms with Gasteiger partial charge in [-0.25, -0.2) is 9.78 Å². The smallest absolute Gasteiger partial charge is 0.335 e. The minimum atomic E-state index is -0.988. The van der Waals surface area contributed by atoms with Crippen LogP contribution in [-0.4, -0.2) is 28.6 Å². The normalized spacial score (nSPS) is 12.9. The largest absolute Gasteiger partial charge is 0.482 e. The SMILES string of the molecule is O=C(O)c1ccc(CN2C(=O)COc3ccc(-c4csc(-c5ccccc5Cl)n4)cc32)cc1. The molecule has 5 rings (SSSR count).